The lowest BCUT2D eigenvalue weighted by molar-refractivity contribution is 0.0322. The fourth-order valence-electron chi connectivity index (χ4n) is 1.83. The van der Waals surface area contributed by atoms with Crippen LogP contribution in [-0.4, -0.2) is 22.2 Å². The number of thiophene rings is 1. The van der Waals surface area contributed by atoms with Crippen LogP contribution in [0.3, 0.4) is 0 Å². The van der Waals surface area contributed by atoms with E-state index < -0.39 is 5.60 Å². The third-order valence-electron chi connectivity index (χ3n) is 3.40. The van der Waals surface area contributed by atoms with Gasteiger partial charge in [0.2, 0.25) is 0 Å². The van der Waals surface area contributed by atoms with E-state index in [0.717, 1.165) is 23.5 Å². The Labute approximate surface area is 122 Å². The molecule has 0 atom stereocenters. The minimum Gasteiger partial charge on any atom is -0.389 e. The quantitative estimate of drug-likeness (QED) is 0.822. The Hall–Kier alpha value is -0.750. The standard InChI is InChI=1S/C14H20N2OS2/c1-3-14(17,4-2)10-15-7-12-9-19-13(16-12)11-5-6-18-8-11/h5-6,8-9,15,17H,3-4,7,10H2,1-2H3. The SMILES string of the molecule is CCC(O)(CC)CNCc1csc(-c2ccsc2)n1. The van der Waals surface area contributed by atoms with E-state index in [2.05, 4.69) is 32.5 Å². The van der Waals surface area contributed by atoms with E-state index in [1.54, 1.807) is 22.7 Å². The van der Waals surface area contributed by atoms with Crippen molar-refractivity contribution in [3.8, 4) is 10.6 Å². The highest BCUT2D eigenvalue weighted by atomic mass is 32.1. The molecule has 0 aromatic carbocycles. The number of hydrogen-bond donors (Lipinski definition) is 2. The lowest BCUT2D eigenvalue weighted by Gasteiger charge is -2.25. The van der Waals surface area contributed by atoms with Crippen LogP contribution in [0.4, 0.5) is 0 Å². The maximum Gasteiger partial charge on any atom is 0.124 e. The van der Waals surface area contributed by atoms with Gasteiger partial charge in [0.25, 0.3) is 0 Å². The van der Waals surface area contributed by atoms with Crippen molar-refractivity contribution in [2.45, 2.75) is 38.8 Å². The normalized spacial score (nSPS) is 11.9. The molecule has 0 radical (unpaired) electrons. The van der Waals surface area contributed by atoms with E-state index in [9.17, 15) is 5.11 Å². The van der Waals surface area contributed by atoms with E-state index in [-0.39, 0.29) is 0 Å². The predicted octanol–water partition coefficient (Wildman–Crippen LogP) is 3.51. The van der Waals surface area contributed by atoms with Gasteiger partial charge in [0.05, 0.1) is 11.3 Å². The van der Waals surface area contributed by atoms with Gasteiger partial charge in [-0.1, -0.05) is 13.8 Å². The maximum absolute atomic E-state index is 10.2. The van der Waals surface area contributed by atoms with Crippen molar-refractivity contribution in [2.24, 2.45) is 0 Å². The molecule has 0 spiro atoms. The Morgan fingerprint density at radius 1 is 1.32 bits per heavy atom. The summed E-state index contributed by atoms with van der Waals surface area (Å²) in [6.07, 6.45) is 1.54. The maximum atomic E-state index is 10.2. The van der Waals surface area contributed by atoms with Gasteiger partial charge in [0.1, 0.15) is 5.01 Å². The van der Waals surface area contributed by atoms with Crippen LogP contribution in [0, 0.1) is 0 Å². The summed E-state index contributed by atoms with van der Waals surface area (Å²) in [5, 5.41) is 20.8. The van der Waals surface area contributed by atoms with Gasteiger partial charge in [-0.15, -0.1) is 11.3 Å². The summed E-state index contributed by atoms with van der Waals surface area (Å²) in [4.78, 5) is 4.61. The van der Waals surface area contributed by atoms with E-state index in [1.165, 1.54) is 5.56 Å². The molecule has 104 valence electrons. The molecule has 2 rings (SSSR count). The molecule has 0 saturated heterocycles. The molecule has 2 heterocycles. The van der Waals surface area contributed by atoms with Gasteiger partial charge in [-0.05, 0) is 24.3 Å². The number of nitrogens with one attached hydrogen (secondary N) is 1. The molecule has 2 aromatic rings. The molecule has 0 aliphatic heterocycles. The number of thiazole rings is 1. The van der Waals surface area contributed by atoms with Gasteiger partial charge in [-0.2, -0.15) is 11.3 Å². The average molecular weight is 296 g/mol. The van der Waals surface area contributed by atoms with Gasteiger partial charge in [0, 0.05) is 29.4 Å². The fraction of sp³-hybridized carbons (Fsp3) is 0.500. The fourth-order valence-corrected chi connectivity index (χ4v) is 3.36. The third kappa shape index (κ3) is 3.86. The summed E-state index contributed by atoms with van der Waals surface area (Å²) in [6, 6.07) is 2.09. The van der Waals surface area contributed by atoms with Gasteiger partial charge >= 0.3 is 0 Å². The molecular weight excluding hydrogens is 276 g/mol. The molecule has 0 saturated carbocycles. The van der Waals surface area contributed by atoms with Gasteiger partial charge in [-0.3, -0.25) is 0 Å². The van der Waals surface area contributed by atoms with Crippen LogP contribution in [0.1, 0.15) is 32.4 Å². The summed E-state index contributed by atoms with van der Waals surface area (Å²) in [5.74, 6) is 0. The number of rotatable bonds is 7. The highest BCUT2D eigenvalue weighted by molar-refractivity contribution is 7.14. The molecule has 19 heavy (non-hydrogen) atoms. The molecule has 0 fully saturated rings. The van der Waals surface area contributed by atoms with Crippen molar-refractivity contribution in [1.29, 1.82) is 0 Å². The zero-order chi connectivity index (χ0) is 13.7. The van der Waals surface area contributed by atoms with Crippen LogP contribution >= 0.6 is 22.7 Å². The van der Waals surface area contributed by atoms with E-state index in [0.29, 0.717) is 13.1 Å². The number of hydrogen-bond acceptors (Lipinski definition) is 5. The van der Waals surface area contributed by atoms with Crippen molar-refractivity contribution in [1.82, 2.24) is 10.3 Å². The second kappa shape index (κ2) is 6.61. The van der Waals surface area contributed by atoms with Crippen molar-refractivity contribution in [2.75, 3.05) is 6.54 Å². The van der Waals surface area contributed by atoms with Crippen molar-refractivity contribution in [3.63, 3.8) is 0 Å². The van der Waals surface area contributed by atoms with Gasteiger partial charge in [0.15, 0.2) is 0 Å². The second-order valence-corrected chi connectivity index (χ2v) is 6.33. The largest absolute Gasteiger partial charge is 0.389 e. The molecule has 0 aliphatic rings. The Morgan fingerprint density at radius 3 is 2.74 bits per heavy atom. The monoisotopic (exact) mass is 296 g/mol. The predicted molar refractivity (Wildman–Crippen MR) is 82.7 cm³/mol. The first-order chi connectivity index (χ1) is 9.17. The first-order valence-corrected chi connectivity index (χ1v) is 8.39. The highest BCUT2D eigenvalue weighted by Gasteiger charge is 2.21. The molecule has 5 heteroatoms. The minimum atomic E-state index is -0.591. The van der Waals surface area contributed by atoms with E-state index >= 15 is 0 Å². The van der Waals surface area contributed by atoms with Crippen LogP contribution in [0.2, 0.25) is 0 Å². The van der Waals surface area contributed by atoms with Gasteiger partial charge < -0.3 is 10.4 Å². The first kappa shape index (κ1) is 14.7. The van der Waals surface area contributed by atoms with Crippen LogP contribution in [0.15, 0.2) is 22.2 Å². The molecule has 0 amide bonds. The van der Waals surface area contributed by atoms with Crippen LogP contribution in [-0.2, 0) is 6.54 Å². The zero-order valence-electron chi connectivity index (χ0n) is 11.3. The first-order valence-electron chi connectivity index (χ1n) is 6.57. The number of aromatic nitrogens is 1. The zero-order valence-corrected chi connectivity index (χ0v) is 13.0. The Kier molecular flexibility index (Phi) is 5.10. The topological polar surface area (TPSA) is 45.1 Å². The molecular formula is C14H20N2OS2. The van der Waals surface area contributed by atoms with Crippen molar-refractivity contribution < 1.29 is 5.11 Å². The summed E-state index contributed by atoms with van der Waals surface area (Å²) in [6.45, 7) is 5.36. The van der Waals surface area contributed by atoms with Crippen molar-refractivity contribution in [3.05, 3.63) is 27.9 Å². The highest BCUT2D eigenvalue weighted by Crippen LogP contribution is 2.25. The number of nitrogens with zero attached hydrogens (tertiary/aromatic N) is 1. The molecule has 3 nitrogen and oxygen atoms in total. The summed E-state index contributed by atoms with van der Waals surface area (Å²) in [5.41, 5.74) is 1.65. The Balaban J connectivity index is 1.87. The third-order valence-corrected chi connectivity index (χ3v) is 5.02. The number of aliphatic hydroxyl groups is 1. The smallest absolute Gasteiger partial charge is 0.124 e. The van der Waals surface area contributed by atoms with Gasteiger partial charge in [-0.25, -0.2) is 4.98 Å². The molecule has 2 N–H and O–H groups in total. The summed E-state index contributed by atoms with van der Waals surface area (Å²) < 4.78 is 0. The molecule has 2 aromatic heterocycles. The summed E-state index contributed by atoms with van der Waals surface area (Å²) >= 11 is 3.36. The van der Waals surface area contributed by atoms with Crippen LogP contribution < -0.4 is 5.32 Å². The average Bonchev–Trinajstić information content (AvgIpc) is 3.09. The molecule has 0 bridgehead atoms. The van der Waals surface area contributed by atoms with Crippen LogP contribution in [0.5, 0.6) is 0 Å². The lowest BCUT2D eigenvalue weighted by Crippen LogP contribution is -2.39. The van der Waals surface area contributed by atoms with Crippen LogP contribution in [0.25, 0.3) is 10.6 Å². The molecule has 0 aliphatic carbocycles. The minimum absolute atomic E-state index is 0.591. The van der Waals surface area contributed by atoms with Crippen molar-refractivity contribution >= 4 is 22.7 Å². The lowest BCUT2D eigenvalue weighted by atomic mass is 9.98. The Bertz CT molecular complexity index is 489. The van der Waals surface area contributed by atoms with E-state index in [1.807, 2.05) is 13.8 Å². The Morgan fingerprint density at radius 2 is 2.11 bits per heavy atom. The molecule has 0 unspecified atom stereocenters. The summed E-state index contributed by atoms with van der Waals surface area (Å²) in [7, 11) is 0. The van der Waals surface area contributed by atoms with E-state index in [4.69, 9.17) is 0 Å². The second-order valence-electron chi connectivity index (χ2n) is 4.69.